The van der Waals surface area contributed by atoms with Crippen LogP contribution in [0.1, 0.15) is 30.0 Å². The molecule has 31 heavy (non-hydrogen) atoms. The van der Waals surface area contributed by atoms with Gasteiger partial charge in [-0.1, -0.05) is 29.8 Å². The highest BCUT2D eigenvalue weighted by atomic mass is 35.5. The second kappa shape index (κ2) is 8.28. The highest BCUT2D eigenvalue weighted by Crippen LogP contribution is 2.44. The number of benzene rings is 3. The van der Waals surface area contributed by atoms with Crippen molar-refractivity contribution in [3.05, 3.63) is 93.8 Å². The standard InChI is InChI=1S/C25H18ClFO4/c1-14-20(19-7-5-16(27)11-22(19)21(14)13-25(29)30)10-15-3-2-4-17(9-15)31-18-6-8-24(28)23(26)12-18/h2-12,28H,13H2,1H3,(H,29,30)/b20-10-. The Hall–Kier alpha value is -3.57. The molecule has 3 aromatic carbocycles. The SMILES string of the molecule is CC1=C(CC(=O)O)c2cc(F)ccc2/C1=C\c1cccc(Oc2ccc(O)c(Cl)c2)c1. The summed E-state index contributed by atoms with van der Waals surface area (Å²) in [5.74, 6) is -0.342. The Morgan fingerprint density at radius 2 is 1.84 bits per heavy atom. The molecule has 0 spiro atoms. The quantitative estimate of drug-likeness (QED) is 0.462. The Morgan fingerprint density at radius 3 is 2.58 bits per heavy atom. The molecule has 3 aromatic rings. The smallest absolute Gasteiger partial charge is 0.307 e. The van der Waals surface area contributed by atoms with Crippen molar-refractivity contribution in [3.63, 3.8) is 0 Å². The van der Waals surface area contributed by atoms with E-state index in [-0.39, 0.29) is 17.2 Å². The van der Waals surface area contributed by atoms with E-state index in [0.29, 0.717) is 22.6 Å². The van der Waals surface area contributed by atoms with Crippen molar-refractivity contribution in [3.8, 4) is 17.2 Å². The molecule has 0 saturated heterocycles. The van der Waals surface area contributed by atoms with Crippen LogP contribution in [0.3, 0.4) is 0 Å². The molecule has 0 radical (unpaired) electrons. The summed E-state index contributed by atoms with van der Waals surface area (Å²) in [4.78, 5) is 11.3. The van der Waals surface area contributed by atoms with Gasteiger partial charge in [-0.2, -0.15) is 0 Å². The maximum atomic E-state index is 13.8. The van der Waals surface area contributed by atoms with Crippen molar-refractivity contribution in [1.82, 2.24) is 0 Å². The van der Waals surface area contributed by atoms with E-state index in [0.717, 1.165) is 22.3 Å². The third kappa shape index (κ3) is 4.32. The van der Waals surface area contributed by atoms with Crippen LogP contribution in [0, 0.1) is 5.82 Å². The molecule has 4 nitrogen and oxygen atoms in total. The molecule has 0 aromatic heterocycles. The third-order valence-electron chi connectivity index (χ3n) is 5.11. The normalized spacial score (nSPS) is 14.1. The number of carbonyl (C=O) groups is 1. The van der Waals surface area contributed by atoms with Gasteiger partial charge in [0.15, 0.2) is 0 Å². The minimum atomic E-state index is -0.964. The molecule has 0 heterocycles. The lowest BCUT2D eigenvalue weighted by atomic mass is 10.0. The number of carboxylic acids is 1. The molecule has 0 bridgehead atoms. The van der Waals surface area contributed by atoms with Crippen LogP contribution in [0.15, 0.2) is 66.2 Å². The number of phenolic OH excluding ortho intramolecular Hbond substituents is 1. The number of halogens is 2. The van der Waals surface area contributed by atoms with Gasteiger partial charge in [0.25, 0.3) is 0 Å². The molecule has 1 aliphatic carbocycles. The van der Waals surface area contributed by atoms with Gasteiger partial charge in [0.1, 0.15) is 23.1 Å². The first-order chi connectivity index (χ1) is 14.8. The van der Waals surface area contributed by atoms with Crippen molar-refractivity contribution in [2.75, 3.05) is 0 Å². The Kier molecular flexibility index (Phi) is 5.53. The lowest BCUT2D eigenvalue weighted by Crippen LogP contribution is -1.97. The van der Waals surface area contributed by atoms with Crippen LogP contribution in [0.25, 0.3) is 17.2 Å². The molecule has 0 atom stereocenters. The lowest BCUT2D eigenvalue weighted by Gasteiger charge is -2.09. The summed E-state index contributed by atoms with van der Waals surface area (Å²) in [6, 6.07) is 16.4. The number of aromatic hydroxyl groups is 1. The number of hydrogen-bond acceptors (Lipinski definition) is 3. The number of allylic oxidation sites excluding steroid dienone is 2. The molecule has 0 aliphatic heterocycles. The summed E-state index contributed by atoms with van der Waals surface area (Å²) in [5, 5.41) is 19.0. The maximum absolute atomic E-state index is 13.8. The molecule has 0 saturated carbocycles. The van der Waals surface area contributed by atoms with Crippen molar-refractivity contribution < 1.29 is 24.1 Å². The van der Waals surface area contributed by atoms with E-state index >= 15 is 0 Å². The second-order valence-electron chi connectivity index (χ2n) is 7.21. The number of ether oxygens (including phenoxy) is 1. The molecule has 0 fully saturated rings. The van der Waals surface area contributed by atoms with Crippen molar-refractivity contribution in [1.29, 1.82) is 0 Å². The van der Waals surface area contributed by atoms with Gasteiger partial charge >= 0.3 is 5.97 Å². The van der Waals surface area contributed by atoms with E-state index in [1.807, 2.05) is 31.2 Å². The van der Waals surface area contributed by atoms with E-state index in [1.165, 1.54) is 24.3 Å². The van der Waals surface area contributed by atoms with Gasteiger partial charge in [0.05, 0.1) is 11.4 Å². The van der Waals surface area contributed by atoms with Gasteiger partial charge in [0.2, 0.25) is 0 Å². The Balaban J connectivity index is 1.71. The van der Waals surface area contributed by atoms with Gasteiger partial charge in [-0.05, 0) is 82.8 Å². The van der Waals surface area contributed by atoms with E-state index in [1.54, 1.807) is 18.2 Å². The van der Waals surface area contributed by atoms with E-state index in [9.17, 15) is 19.4 Å². The van der Waals surface area contributed by atoms with Gasteiger partial charge in [-0.3, -0.25) is 4.79 Å². The van der Waals surface area contributed by atoms with Crippen molar-refractivity contribution in [2.45, 2.75) is 13.3 Å². The molecular formula is C25H18ClFO4. The fraction of sp³-hybridized carbons (Fsp3) is 0.0800. The average molecular weight is 437 g/mol. The molecule has 4 rings (SSSR count). The van der Waals surface area contributed by atoms with Gasteiger partial charge in [-0.15, -0.1) is 0 Å². The molecule has 0 amide bonds. The predicted octanol–water partition coefficient (Wildman–Crippen LogP) is 6.78. The van der Waals surface area contributed by atoms with Gasteiger partial charge in [0, 0.05) is 6.07 Å². The predicted molar refractivity (Wildman–Crippen MR) is 119 cm³/mol. The van der Waals surface area contributed by atoms with E-state index in [2.05, 4.69) is 0 Å². The monoisotopic (exact) mass is 436 g/mol. The summed E-state index contributed by atoms with van der Waals surface area (Å²) in [6.45, 7) is 1.85. The zero-order chi connectivity index (χ0) is 22.1. The number of phenols is 1. The van der Waals surface area contributed by atoms with Crippen LogP contribution < -0.4 is 4.74 Å². The topological polar surface area (TPSA) is 66.8 Å². The summed E-state index contributed by atoms with van der Waals surface area (Å²) >= 11 is 5.94. The number of aliphatic carboxylic acids is 1. The summed E-state index contributed by atoms with van der Waals surface area (Å²) in [7, 11) is 0. The number of rotatable bonds is 5. The number of hydrogen-bond donors (Lipinski definition) is 2. The van der Waals surface area contributed by atoms with Crippen LogP contribution in [-0.4, -0.2) is 16.2 Å². The first kappa shape index (κ1) is 20.7. The largest absolute Gasteiger partial charge is 0.506 e. The highest BCUT2D eigenvalue weighted by Gasteiger charge is 2.25. The Labute approximate surface area is 183 Å². The van der Waals surface area contributed by atoms with Crippen LogP contribution in [0.4, 0.5) is 4.39 Å². The van der Waals surface area contributed by atoms with Crippen LogP contribution >= 0.6 is 11.6 Å². The average Bonchev–Trinajstić information content (AvgIpc) is 2.96. The van der Waals surface area contributed by atoms with Crippen molar-refractivity contribution in [2.24, 2.45) is 0 Å². The highest BCUT2D eigenvalue weighted by molar-refractivity contribution is 6.32. The number of carboxylic acid groups (broad SMARTS) is 1. The van der Waals surface area contributed by atoms with Gasteiger partial charge in [-0.25, -0.2) is 4.39 Å². The first-order valence-corrected chi connectivity index (χ1v) is 9.90. The molecule has 2 N–H and O–H groups in total. The fourth-order valence-corrected chi connectivity index (χ4v) is 3.82. The minimum absolute atomic E-state index is 0.0248. The van der Waals surface area contributed by atoms with E-state index in [4.69, 9.17) is 16.3 Å². The fourth-order valence-electron chi connectivity index (χ4n) is 3.65. The lowest BCUT2D eigenvalue weighted by molar-refractivity contribution is -0.135. The molecule has 6 heteroatoms. The zero-order valence-corrected chi connectivity index (χ0v) is 17.3. The summed E-state index contributed by atoms with van der Waals surface area (Å²) in [5.41, 5.74) is 4.50. The maximum Gasteiger partial charge on any atom is 0.307 e. The first-order valence-electron chi connectivity index (χ1n) is 9.52. The van der Waals surface area contributed by atoms with Crippen molar-refractivity contribution >= 4 is 34.8 Å². The molecule has 0 unspecified atom stereocenters. The zero-order valence-electron chi connectivity index (χ0n) is 16.5. The second-order valence-corrected chi connectivity index (χ2v) is 7.62. The van der Waals surface area contributed by atoms with Crippen LogP contribution in [-0.2, 0) is 4.79 Å². The molecule has 156 valence electrons. The summed E-state index contributed by atoms with van der Waals surface area (Å²) in [6.07, 6.45) is 1.75. The Morgan fingerprint density at radius 1 is 1.06 bits per heavy atom. The Bertz CT molecular complexity index is 1260. The molecular weight excluding hydrogens is 419 g/mol. The summed E-state index contributed by atoms with van der Waals surface area (Å²) < 4.78 is 19.7. The molecule has 1 aliphatic rings. The number of fused-ring (bicyclic) bond motifs is 1. The van der Waals surface area contributed by atoms with E-state index < -0.39 is 11.8 Å². The van der Waals surface area contributed by atoms with Crippen LogP contribution in [0.5, 0.6) is 17.2 Å². The van der Waals surface area contributed by atoms with Gasteiger partial charge < -0.3 is 14.9 Å². The van der Waals surface area contributed by atoms with Crippen LogP contribution in [0.2, 0.25) is 5.02 Å². The minimum Gasteiger partial charge on any atom is -0.506 e. The third-order valence-corrected chi connectivity index (χ3v) is 5.41.